The second kappa shape index (κ2) is 8.50. The van der Waals surface area contributed by atoms with Crippen molar-refractivity contribution in [1.29, 1.82) is 0 Å². The Labute approximate surface area is 175 Å². The molecular formula is C19H16Cl2N4O4. The van der Waals surface area contributed by atoms with Gasteiger partial charge < -0.3 is 9.73 Å². The molecule has 0 bridgehead atoms. The van der Waals surface area contributed by atoms with E-state index in [9.17, 15) is 14.9 Å². The van der Waals surface area contributed by atoms with Crippen LogP contribution in [0.1, 0.15) is 22.7 Å². The topological polar surface area (TPSA) is 103 Å². The molecule has 2 heterocycles. The van der Waals surface area contributed by atoms with E-state index in [0.717, 1.165) is 11.3 Å². The number of hydrogen-bond donors (Lipinski definition) is 1. The van der Waals surface area contributed by atoms with E-state index in [-0.39, 0.29) is 11.6 Å². The van der Waals surface area contributed by atoms with Crippen LogP contribution in [0.3, 0.4) is 0 Å². The minimum atomic E-state index is -0.646. The van der Waals surface area contributed by atoms with Crippen LogP contribution in [-0.2, 0) is 11.3 Å². The second-order valence-electron chi connectivity index (χ2n) is 6.21. The average molecular weight is 435 g/mol. The van der Waals surface area contributed by atoms with Gasteiger partial charge >= 0.3 is 5.88 Å². The lowest BCUT2D eigenvalue weighted by Crippen LogP contribution is -2.10. The first-order valence-corrected chi connectivity index (χ1v) is 9.21. The Morgan fingerprint density at radius 1 is 1.28 bits per heavy atom. The summed E-state index contributed by atoms with van der Waals surface area (Å²) in [5, 5.41) is 18.8. The quantitative estimate of drug-likeness (QED) is 0.333. The highest BCUT2D eigenvalue weighted by atomic mass is 35.5. The fraction of sp³-hybridized carbons (Fsp3) is 0.158. The number of aryl methyl sites for hydroxylation is 1. The van der Waals surface area contributed by atoms with Gasteiger partial charge in [-0.05, 0) is 43.7 Å². The van der Waals surface area contributed by atoms with Crippen molar-refractivity contribution < 1.29 is 14.1 Å². The van der Waals surface area contributed by atoms with Crippen LogP contribution in [0.15, 0.2) is 40.8 Å². The SMILES string of the molecule is Cc1nn(Cc2ccc(Cl)c(Cl)c2)c(C)c1NC(=O)/C=C/c1ccc([N+](=O)[O-])o1. The van der Waals surface area contributed by atoms with Crippen molar-refractivity contribution in [2.24, 2.45) is 0 Å². The number of furan rings is 1. The van der Waals surface area contributed by atoms with Crippen LogP contribution in [0.2, 0.25) is 10.0 Å². The molecule has 3 rings (SSSR count). The van der Waals surface area contributed by atoms with E-state index >= 15 is 0 Å². The Bertz CT molecular complexity index is 1120. The maximum absolute atomic E-state index is 12.2. The maximum atomic E-state index is 12.2. The summed E-state index contributed by atoms with van der Waals surface area (Å²) in [5.41, 5.74) is 2.93. The zero-order valence-corrected chi connectivity index (χ0v) is 17.0. The standard InChI is InChI=1S/C19H16Cl2N4O4/c1-11-19(22-17(26)7-4-14-5-8-18(29-14)25(27)28)12(2)24(23-11)10-13-3-6-15(20)16(21)9-13/h3-9H,10H2,1-2H3,(H,22,26)/b7-4+. The number of carbonyl (C=O) groups is 1. The molecule has 0 aliphatic rings. The van der Waals surface area contributed by atoms with Gasteiger partial charge in [-0.1, -0.05) is 29.3 Å². The highest BCUT2D eigenvalue weighted by Crippen LogP contribution is 2.25. The van der Waals surface area contributed by atoms with Gasteiger partial charge in [0.1, 0.15) is 10.7 Å². The highest BCUT2D eigenvalue weighted by molar-refractivity contribution is 6.42. The lowest BCUT2D eigenvalue weighted by molar-refractivity contribution is -0.402. The van der Waals surface area contributed by atoms with E-state index in [1.54, 1.807) is 23.7 Å². The van der Waals surface area contributed by atoms with Gasteiger partial charge in [0.15, 0.2) is 0 Å². The molecule has 1 aromatic carbocycles. The van der Waals surface area contributed by atoms with Crippen LogP contribution in [0, 0.1) is 24.0 Å². The van der Waals surface area contributed by atoms with Crippen LogP contribution in [0.5, 0.6) is 0 Å². The molecule has 1 amide bonds. The van der Waals surface area contributed by atoms with Gasteiger partial charge in [0.2, 0.25) is 5.91 Å². The first kappa shape index (κ1) is 20.6. The monoisotopic (exact) mass is 434 g/mol. The van der Waals surface area contributed by atoms with Crippen LogP contribution in [0.25, 0.3) is 6.08 Å². The first-order valence-electron chi connectivity index (χ1n) is 8.46. The third-order valence-corrected chi connectivity index (χ3v) is 4.88. The van der Waals surface area contributed by atoms with Crippen LogP contribution in [0.4, 0.5) is 11.6 Å². The Hall–Kier alpha value is -3.10. The predicted molar refractivity (Wildman–Crippen MR) is 110 cm³/mol. The number of amides is 1. The number of nitrogens with one attached hydrogen (secondary N) is 1. The van der Waals surface area contributed by atoms with E-state index in [1.807, 2.05) is 13.0 Å². The Morgan fingerprint density at radius 3 is 2.69 bits per heavy atom. The van der Waals surface area contributed by atoms with E-state index < -0.39 is 10.8 Å². The molecular weight excluding hydrogens is 419 g/mol. The molecule has 150 valence electrons. The Morgan fingerprint density at radius 2 is 2.03 bits per heavy atom. The van der Waals surface area contributed by atoms with Crippen molar-refractivity contribution in [2.75, 3.05) is 5.32 Å². The number of anilines is 1. The largest absolute Gasteiger partial charge is 0.433 e. The molecule has 29 heavy (non-hydrogen) atoms. The molecule has 0 saturated heterocycles. The number of halogens is 2. The first-order chi connectivity index (χ1) is 13.7. The smallest absolute Gasteiger partial charge is 0.401 e. The number of rotatable bonds is 6. The molecule has 0 radical (unpaired) electrons. The molecule has 0 aliphatic heterocycles. The van der Waals surface area contributed by atoms with Crippen molar-refractivity contribution in [1.82, 2.24) is 9.78 Å². The molecule has 0 spiro atoms. The number of benzene rings is 1. The summed E-state index contributed by atoms with van der Waals surface area (Å²) in [6.45, 7) is 4.09. The summed E-state index contributed by atoms with van der Waals surface area (Å²) < 4.78 is 6.73. The number of aromatic nitrogens is 2. The van der Waals surface area contributed by atoms with E-state index in [2.05, 4.69) is 10.4 Å². The molecule has 0 fully saturated rings. The minimum Gasteiger partial charge on any atom is -0.401 e. The third kappa shape index (κ3) is 4.85. The van der Waals surface area contributed by atoms with Gasteiger partial charge in [0, 0.05) is 6.08 Å². The molecule has 0 atom stereocenters. The van der Waals surface area contributed by atoms with Gasteiger partial charge in [0.25, 0.3) is 0 Å². The molecule has 0 aliphatic carbocycles. The van der Waals surface area contributed by atoms with Crippen molar-refractivity contribution in [3.63, 3.8) is 0 Å². The third-order valence-electron chi connectivity index (χ3n) is 4.14. The van der Waals surface area contributed by atoms with Gasteiger partial charge in [0.05, 0.1) is 39.7 Å². The fourth-order valence-corrected chi connectivity index (χ4v) is 3.02. The molecule has 1 N–H and O–H groups in total. The van der Waals surface area contributed by atoms with Crippen molar-refractivity contribution in [3.05, 3.63) is 79.3 Å². The van der Waals surface area contributed by atoms with Crippen LogP contribution >= 0.6 is 23.2 Å². The summed E-state index contributed by atoms with van der Waals surface area (Å²) in [7, 11) is 0. The number of hydrogen-bond acceptors (Lipinski definition) is 5. The molecule has 0 saturated carbocycles. The van der Waals surface area contributed by atoms with Gasteiger partial charge in [-0.3, -0.25) is 19.6 Å². The summed E-state index contributed by atoms with van der Waals surface area (Å²) in [4.78, 5) is 22.2. The van der Waals surface area contributed by atoms with E-state index in [4.69, 9.17) is 27.6 Å². The highest BCUT2D eigenvalue weighted by Gasteiger charge is 2.14. The van der Waals surface area contributed by atoms with Crippen LogP contribution < -0.4 is 5.32 Å². The summed E-state index contributed by atoms with van der Waals surface area (Å²) in [6.07, 6.45) is 2.59. The van der Waals surface area contributed by atoms with E-state index in [0.29, 0.717) is 28.0 Å². The van der Waals surface area contributed by atoms with E-state index in [1.165, 1.54) is 24.3 Å². The van der Waals surface area contributed by atoms with Gasteiger partial charge in [-0.25, -0.2) is 0 Å². The number of carbonyl (C=O) groups excluding carboxylic acids is 1. The van der Waals surface area contributed by atoms with Crippen molar-refractivity contribution in [3.8, 4) is 0 Å². The fourth-order valence-electron chi connectivity index (χ4n) is 2.70. The molecule has 10 heteroatoms. The lowest BCUT2D eigenvalue weighted by atomic mass is 10.2. The zero-order valence-electron chi connectivity index (χ0n) is 15.5. The molecule has 2 aromatic heterocycles. The summed E-state index contributed by atoms with van der Waals surface area (Å²) >= 11 is 12.0. The molecule has 0 unspecified atom stereocenters. The second-order valence-corrected chi connectivity index (χ2v) is 7.02. The molecule has 3 aromatic rings. The van der Waals surface area contributed by atoms with Gasteiger partial charge in [-0.2, -0.15) is 5.10 Å². The van der Waals surface area contributed by atoms with Crippen LogP contribution in [-0.4, -0.2) is 20.6 Å². The summed E-state index contributed by atoms with van der Waals surface area (Å²) in [6, 6.07) is 7.97. The number of nitrogens with zero attached hydrogens (tertiary/aromatic N) is 3. The summed E-state index contributed by atoms with van der Waals surface area (Å²) in [5.74, 6) is -0.597. The van der Waals surface area contributed by atoms with Crippen molar-refractivity contribution >= 4 is 46.8 Å². The normalized spacial score (nSPS) is 11.2. The Kier molecular flexibility index (Phi) is 6.05. The Balaban J connectivity index is 1.72. The van der Waals surface area contributed by atoms with Gasteiger partial charge in [-0.15, -0.1) is 0 Å². The average Bonchev–Trinajstić information content (AvgIpc) is 3.24. The van der Waals surface area contributed by atoms with Crippen molar-refractivity contribution in [2.45, 2.75) is 20.4 Å². The maximum Gasteiger partial charge on any atom is 0.433 e. The predicted octanol–water partition coefficient (Wildman–Crippen LogP) is 5.01. The number of nitro groups is 1. The lowest BCUT2D eigenvalue weighted by Gasteiger charge is -2.07. The minimum absolute atomic E-state index is 0.204. The zero-order chi connectivity index (χ0) is 21.1. The molecule has 8 nitrogen and oxygen atoms in total.